The Morgan fingerprint density at radius 2 is 1.77 bits per heavy atom. The minimum absolute atomic E-state index is 0.104. The number of carbonyl (C=O) groups is 2. The van der Waals surface area contributed by atoms with Crippen LogP contribution in [-0.4, -0.2) is 57.8 Å². The van der Waals surface area contributed by atoms with Crippen molar-refractivity contribution in [2.75, 3.05) is 50.1 Å². The summed E-state index contributed by atoms with van der Waals surface area (Å²) >= 11 is 0. The van der Waals surface area contributed by atoms with E-state index in [4.69, 9.17) is 4.74 Å². The van der Waals surface area contributed by atoms with Crippen LogP contribution in [0.15, 0.2) is 48.5 Å². The van der Waals surface area contributed by atoms with Crippen LogP contribution in [-0.2, 0) is 16.1 Å². The molecule has 2 aromatic rings. The Kier molecular flexibility index (Phi) is 6.84. The van der Waals surface area contributed by atoms with E-state index >= 15 is 0 Å². The number of nitrogens with one attached hydrogen (secondary N) is 3. The predicted molar refractivity (Wildman–Crippen MR) is 120 cm³/mol. The van der Waals surface area contributed by atoms with Gasteiger partial charge in [-0.2, -0.15) is 0 Å². The number of para-hydroxylation sites is 2. The summed E-state index contributed by atoms with van der Waals surface area (Å²) in [7, 11) is 2.02. The van der Waals surface area contributed by atoms with Gasteiger partial charge in [-0.05, 0) is 31.0 Å². The number of rotatable bonds is 8. The number of nitrogens with zero attached hydrogens (tertiary/aromatic N) is 1. The molecule has 4 rings (SSSR count). The second kappa shape index (κ2) is 9.94. The molecule has 1 saturated carbocycles. The standard InChI is InChI=1S/C24H30N4O3/c1-27(16-18-6-2-5-9-22(18)28-12-14-31-15-13-28)17-23(29)26-21-8-4-3-7-20(21)24(30)25-19-10-11-19/h2-9,19H,10-17H2,1H3,(H,25,30)(H,26,29)/p+1. The lowest BCUT2D eigenvalue weighted by molar-refractivity contribution is -0.885. The summed E-state index contributed by atoms with van der Waals surface area (Å²) in [5.74, 6) is -0.230. The van der Waals surface area contributed by atoms with Gasteiger partial charge in [0.05, 0.1) is 31.5 Å². The summed E-state index contributed by atoms with van der Waals surface area (Å²) in [4.78, 5) is 28.6. The summed E-state index contributed by atoms with van der Waals surface area (Å²) in [6.45, 7) is 4.31. The topological polar surface area (TPSA) is 75.1 Å². The second-order valence-corrected chi connectivity index (χ2v) is 8.38. The molecule has 0 aromatic heterocycles. The molecule has 3 N–H and O–H groups in total. The van der Waals surface area contributed by atoms with Crippen LogP contribution in [0.3, 0.4) is 0 Å². The zero-order chi connectivity index (χ0) is 21.6. The Hall–Kier alpha value is -2.90. The molecular weight excluding hydrogens is 392 g/mol. The van der Waals surface area contributed by atoms with Crippen molar-refractivity contribution in [3.63, 3.8) is 0 Å². The molecule has 164 valence electrons. The van der Waals surface area contributed by atoms with Gasteiger partial charge >= 0.3 is 0 Å². The molecule has 1 saturated heterocycles. The maximum atomic E-state index is 12.7. The fraction of sp³-hybridized carbons (Fsp3) is 0.417. The summed E-state index contributed by atoms with van der Waals surface area (Å²) in [6, 6.07) is 15.8. The predicted octanol–water partition coefficient (Wildman–Crippen LogP) is 1.07. The van der Waals surface area contributed by atoms with Crippen molar-refractivity contribution in [3.8, 4) is 0 Å². The fourth-order valence-electron chi connectivity index (χ4n) is 3.91. The first-order chi connectivity index (χ1) is 15.1. The third kappa shape index (κ3) is 5.83. The molecule has 1 aliphatic carbocycles. The number of hydrogen-bond acceptors (Lipinski definition) is 4. The minimum atomic E-state index is -0.126. The van der Waals surface area contributed by atoms with Crippen molar-refractivity contribution in [1.82, 2.24) is 5.32 Å². The molecular formula is C24H31N4O3+. The zero-order valence-electron chi connectivity index (χ0n) is 18.0. The zero-order valence-corrected chi connectivity index (χ0v) is 18.0. The van der Waals surface area contributed by atoms with E-state index in [9.17, 15) is 9.59 Å². The number of quaternary nitrogens is 1. The lowest BCUT2D eigenvalue weighted by atomic mass is 10.1. The molecule has 1 atom stereocenters. The molecule has 2 aliphatic rings. The summed E-state index contributed by atoms with van der Waals surface area (Å²) in [5, 5.41) is 5.92. The Bertz CT molecular complexity index is 923. The van der Waals surface area contributed by atoms with E-state index in [0.717, 1.165) is 50.6 Å². The third-order valence-corrected chi connectivity index (χ3v) is 5.66. The highest BCUT2D eigenvalue weighted by Crippen LogP contribution is 2.22. The van der Waals surface area contributed by atoms with Crippen LogP contribution in [0.4, 0.5) is 11.4 Å². The molecule has 1 unspecified atom stereocenters. The summed E-state index contributed by atoms with van der Waals surface area (Å²) < 4.78 is 5.47. The number of likely N-dealkylation sites (N-methyl/N-ethyl adjacent to an activating group) is 1. The van der Waals surface area contributed by atoms with Crippen molar-refractivity contribution >= 4 is 23.2 Å². The van der Waals surface area contributed by atoms with Crippen molar-refractivity contribution in [2.45, 2.75) is 25.4 Å². The van der Waals surface area contributed by atoms with Gasteiger partial charge in [0.15, 0.2) is 6.54 Å². The van der Waals surface area contributed by atoms with Crippen LogP contribution in [0.1, 0.15) is 28.8 Å². The Morgan fingerprint density at radius 3 is 2.55 bits per heavy atom. The molecule has 1 heterocycles. The average molecular weight is 424 g/mol. The Balaban J connectivity index is 1.36. The van der Waals surface area contributed by atoms with Gasteiger partial charge in [-0.3, -0.25) is 9.59 Å². The molecule has 2 aromatic carbocycles. The number of morpholine rings is 1. The van der Waals surface area contributed by atoms with Crippen molar-refractivity contribution < 1.29 is 19.2 Å². The molecule has 0 spiro atoms. The quantitative estimate of drug-likeness (QED) is 0.594. The molecule has 2 fully saturated rings. The molecule has 1 aliphatic heterocycles. The molecule has 2 amide bonds. The van der Waals surface area contributed by atoms with Gasteiger partial charge in [-0.15, -0.1) is 0 Å². The van der Waals surface area contributed by atoms with Gasteiger partial charge in [-0.25, -0.2) is 0 Å². The van der Waals surface area contributed by atoms with E-state index < -0.39 is 0 Å². The minimum Gasteiger partial charge on any atom is -0.378 e. The second-order valence-electron chi connectivity index (χ2n) is 8.38. The van der Waals surface area contributed by atoms with E-state index in [1.54, 1.807) is 12.1 Å². The van der Waals surface area contributed by atoms with Gasteiger partial charge in [0, 0.05) is 30.4 Å². The van der Waals surface area contributed by atoms with Gasteiger partial charge < -0.3 is 25.2 Å². The first-order valence-corrected chi connectivity index (χ1v) is 11.0. The Labute approximate surface area is 183 Å². The van der Waals surface area contributed by atoms with Gasteiger partial charge in [-0.1, -0.05) is 30.3 Å². The van der Waals surface area contributed by atoms with E-state index in [-0.39, 0.29) is 17.9 Å². The lowest BCUT2D eigenvalue weighted by Gasteiger charge is -2.30. The van der Waals surface area contributed by atoms with Gasteiger partial charge in [0.25, 0.3) is 11.8 Å². The van der Waals surface area contributed by atoms with E-state index in [2.05, 4.69) is 33.7 Å². The van der Waals surface area contributed by atoms with E-state index in [1.807, 2.05) is 25.2 Å². The van der Waals surface area contributed by atoms with Gasteiger partial charge in [0.2, 0.25) is 0 Å². The van der Waals surface area contributed by atoms with Crippen molar-refractivity contribution in [1.29, 1.82) is 0 Å². The number of carbonyl (C=O) groups excluding carboxylic acids is 2. The average Bonchev–Trinajstić information content (AvgIpc) is 3.59. The highest BCUT2D eigenvalue weighted by Gasteiger charge is 2.25. The van der Waals surface area contributed by atoms with E-state index in [0.29, 0.717) is 17.8 Å². The first kappa shape index (κ1) is 21.3. The maximum absolute atomic E-state index is 12.7. The van der Waals surface area contributed by atoms with Crippen LogP contribution < -0.4 is 20.4 Å². The van der Waals surface area contributed by atoms with Crippen LogP contribution in [0.2, 0.25) is 0 Å². The number of amides is 2. The molecule has 7 heteroatoms. The van der Waals surface area contributed by atoms with Crippen LogP contribution >= 0.6 is 0 Å². The largest absolute Gasteiger partial charge is 0.378 e. The highest BCUT2D eigenvalue weighted by atomic mass is 16.5. The smallest absolute Gasteiger partial charge is 0.279 e. The monoisotopic (exact) mass is 423 g/mol. The number of anilines is 2. The van der Waals surface area contributed by atoms with Crippen molar-refractivity contribution in [2.24, 2.45) is 0 Å². The van der Waals surface area contributed by atoms with Gasteiger partial charge in [0.1, 0.15) is 6.54 Å². The molecule has 0 radical (unpaired) electrons. The lowest BCUT2D eigenvalue weighted by Crippen LogP contribution is -3.08. The summed E-state index contributed by atoms with van der Waals surface area (Å²) in [6.07, 6.45) is 2.06. The molecule has 0 bridgehead atoms. The van der Waals surface area contributed by atoms with Crippen LogP contribution in [0, 0.1) is 0 Å². The number of hydrogen-bond donors (Lipinski definition) is 3. The first-order valence-electron chi connectivity index (χ1n) is 11.0. The Morgan fingerprint density at radius 1 is 1.06 bits per heavy atom. The normalized spacial score (nSPS) is 17.1. The van der Waals surface area contributed by atoms with Crippen LogP contribution in [0.5, 0.6) is 0 Å². The van der Waals surface area contributed by atoms with Crippen molar-refractivity contribution in [3.05, 3.63) is 59.7 Å². The molecule has 7 nitrogen and oxygen atoms in total. The molecule has 31 heavy (non-hydrogen) atoms. The summed E-state index contributed by atoms with van der Waals surface area (Å²) in [5.41, 5.74) is 3.51. The third-order valence-electron chi connectivity index (χ3n) is 5.66. The number of benzene rings is 2. The van der Waals surface area contributed by atoms with Crippen LogP contribution in [0.25, 0.3) is 0 Å². The van der Waals surface area contributed by atoms with E-state index in [1.165, 1.54) is 11.3 Å². The maximum Gasteiger partial charge on any atom is 0.279 e. The number of ether oxygens (including phenoxy) is 1. The highest BCUT2D eigenvalue weighted by molar-refractivity contribution is 6.04. The SMILES string of the molecule is C[NH+](CC(=O)Nc1ccccc1C(=O)NC1CC1)Cc1ccccc1N1CCOCC1. The fourth-order valence-corrected chi connectivity index (χ4v) is 3.91.